The van der Waals surface area contributed by atoms with Crippen molar-refractivity contribution in [3.8, 4) is 0 Å². The van der Waals surface area contributed by atoms with Crippen LogP contribution in [0.4, 0.5) is 5.69 Å². The number of rotatable bonds is 1. The molecule has 1 amide bonds. The molecule has 1 saturated heterocycles. The Morgan fingerprint density at radius 3 is 2.87 bits per heavy atom. The van der Waals surface area contributed by atoms with Gasteiger partial charge < -0.3 is 4.90 Å². The number of halogens is 1. The molecule has 0 aliphatic carbocycles. The first-order chi connectivity index (χ1) is 7.09. The topological polar surface area (TPSA) is 20.3 Å². The van der Waals surface area contributed by atoms with E-state index in [9.17, 15) is 4.79 Å². The lowest BCUT2D eigenvalue weighted by Gasteiger charge is -2.18. The predicted molar refractivity (Wildman–Crippen MR) is 65.9 cm³/mol. The molecule has 1 atom stereocenters. The van der Waals surface area contributed by atoms with Gasteiger partial charge in [0.25, 0.3) is 0 Å². The van der Waals surface area contributed by atoms with E-state index >= 15 is 0 Å². The number of benzene rings is 1. The third-order valence-corrected chi connectivity index (χ3v) is 3.40. The van der Waals surface area contributed by atoms with Crippen molar-refractivity contribution in [3.63, 3.8) is 0 Å². The number of hydrogen-bond donors (Lipinski definition) is 1. The molecule has 15 heavy (non-hydrogen) atoms. The summed E-state index contributed by atoms with van der Waals surface area (Å²) in [4.78, 5) is 13.4. The van der Waals surface area contributed by atoms with E-state index in [4.69, 9.17) is 11.6 Å². The molecular weight excluding hydrogens is 230 g/mol. The fourth-order valence-electron chi connectivity index (χ4n) is 1.76. The quantitative estimate of drug-likeness (QED) is 0.750. The second kappa shape index (κ2) is 4.06. The predicted octanol–water partition coefficient (Wildman–Crippen LogP) is 2.68. The first-order valence-corrected chi connectivity index (χ1v) is 5.72. The first-order valence-electron chi connectivity index (χ1n) is 4.83. The molecular formula is C11H12ClNOS. The Bertz CT molecular complexity index is 408. The van der Waals surface area contributed by atoms with Gasteiger partial charge in [-0.3, -0.25) is 4.79 Å². The summed E-state index contributed by atoms with van der Waals surface area (Å²) in [5, 5.41) is 0.780. The Kier molecular flexibility index (Phi) is 2.94. The summed E-state index contributed by atoms with van der Waals surface area (Å²) >= 11 is 10.5. The molecule has 80 valence electrons. The van der Waals surface area contributed by atoms with Crippen LogP contribution in [0.2, 0.25) is 5.02 Å². The van der Waals surface area contributed by atoms with Gasteiger partial charge in [0.2, 0.25) is 5.91 Å². The normalized spacial score (nSPS) is 21.1. The zero-order chi connectivity index (χ0) is 11.0. The molecule has 2 rings (SSSR count). The van der Waals surface area contributed by atoms with Crippen LogP contribution in [0.25, 0.3) is 0 Å². The third kappa shape index (κ3) is 1.99. The van der Waals surface area contributed by atoms with Crippen molar-refractivity contribution in [1.82, 2.24) is 0 Å². The van der Waals surface area contributed by atoms with Gasteiger partial charge in [-0.1, -0.05) is 23.7 Å². The second-order valence-corrected chi connectivity index (χ2v) is 4.88. The van der Waals surface area contributed by atoms with Crippen molar-refractivity contribution in [1.29, 1.82) is 0 Å². The van der Waals surface area contributed by atoms with Crippen molar-refractivity contribution in [3.05, 3.63) is 28.8 Å². The van der Waals surface area contributed by atoms with Crippen molar-refractivity contribution in [2.75, 3.05) is 11.4 Å². The number of nitrogens with zero attached hydrogens (tertiary/aromatic N) is 1. The van der Waals surface area contributed by atoms with Gasteiger partial charge in [0, 0.05) is 18.2 Å². The number of carbonyl (C=O) groups excluding carboxylic acids is 1. The van der Waals surface area contributed by atoms with E-state index in [1.165, 1.54) is 0 Å². The standard InChI is InChI=1S/C11H12ClNOS/c1-7-3-2-4-9(11(7)12)13-6-8(15)5-10(13)14/h2-4,8,15H,5-6H2,1H3. The van der Waals surface area contributed by atoms with Crippen LogP contribution in [0.3, 0.4) is 0 Å². The third-order valence-electron chi connectivity index (χ3n) is 2.57. The SMILES string of the molecule is Cc1cccc(N2CC(S)CC2=O)c1Cl. The van der Waals surface area contributed by atoms with Crippen molar-refractivity contribution in [2.45, 2.75) is 18.6 Å². The van der Waals surface area contributed by atoms with Crippen LogP contribution >= 0.6 is 24.2 Å². The fraction of sp³-hybridized carbons (Fsp3) is 0.364. The smallest absolute Gasteiger partial charge is 0.228 e. The highest BCUT2D eigenvalue weighted by atomic mass is 35.5. The summed E-state index contributed by atoms with van der Waals surface area (Å²) in [6.07, 6.45) is 0.493. The van der Waals surface area contributed by atoms with E-state index in [0.717, 1.165) is 11.3 Å². The zero-order valence-corrected chi connectivity index (χ0v) is 10.1. The van der Waals surface area contributed by atoms with Crippen LogP contribution in [0.5, 0.6) is 0 Å². The van der Waals surface area contributed by atoms with Crippen molar-refractivity contribution >= 4 is 35.8 Å². The highest BCUT2D eigenvalue weighted by molar-refractivity contribution is 7.81. The zero-order valence-electron chi connectivity index (χ0n) is 8.40. The number of thiol groups is 1. The van der Waals surface area contributed by atoms with E-state index in [-0.39, 0.29) is 11.2 Å². The number of anilines is 1. The molecule has 4 heteroatoms. The molecule has 1 aromatic rings. The van der Waals surface area contributed by atoms with Crippen LogP contribution in [-0.4, -0.2) is 17.7 Å². The highest BCUT2D eigenvalue weighted by Crippen LogP contribution is 2.32. The second-order valence-electron chi connectivity index (χ2n) is 3.77. The minimum Gasteiger partial charge on any atom is -0.310 e. The molecule has 0 N–H and O–H groups in total. The van der Waals surface area contributed by atoms with E-state index in [1.54, 1.807) is 4.90 Å². The van der Waals surface area contributed by atoms with Gasteiger partial charge in [0.05, 0.1) is 10.7 Å². The molecule has 0 aromatic heterocycles. The Balaban J connectivity index is 2.38. The molecule has 1 heterocycles. The average molecular weight is 242 g/mol. The summed E-state index contributed by atoms with van der Waals surface area (Å²) in [5.41, 5.74) is 1.79. The summed E-state index contributed by atoms with van der Waals surface area (Å²) < 4.78 is 0. The van der Waals surface area contributed by atoms with Gasteiger partial charge in [-0.25, -0.2) is 0 Å². The maximum atomic E-state index is 11.7. The van der Waals surface area contributed by atoms with Gasteiger partial charge in [-0.2, -0.15) is 12.6 Å². The number of hydrogen-bond acceptors (Lipinski definition) is 2. The molecule has 1 fully saturated rings. The minimum absolute atomic E-state index is 0.0995. The Morgan fingerprint density at radius 1 is 1.53 bits per heavy atom. The van der Waals surface area contributed by atoms with E-state index in [0.29, 0.717) is 18.0 Å². The van der Waals surface area contributed by atoms with Gasteiger partial charge in [-0.15, -0.1) is 0 Å². The van der Waals surface area contributed by atoms with E-state index in [1.807, 2.05) is 25.1 Å². The molecule has 2 nitrogen and oxygen atoms in total. The molecule has 0 saturated carbocycles. The number of carbonyl (C=O) groups is 1. The van der Waals surface area contributed by atoms with Crippen LogP contribution in [-0.2, 0) is 4.79 Å². The Morgan fingerprint density at radius 2 is 2.27 bits per heavy atom. The highest BCUT2D eigenvalue weighted by Gasteiger charge is 2.29. The molecule has 1 aliphatic rings. The maximum Gasteiger partial charge on any atom is 0.228 e. The number of amides is 1. The van der Waals surface area contributed by atoms with E-state index < -0.39 is 0 Å². The Labute approximate surface area is 99.6 Å². The molecule has 1 aliphatic heterocycles. The molecule has 0 radical (unpaired) electrons. The summed E-state index contributed by atoms with van der Waals surface area (Å²) in [7, 11) is 0. The Hall–Kier alpha value is -0.670. The summed E-state index contributed by atoms with van der Waals surface area (Å²) in [5.74, 6) is 0.0995. The monoisotopic (exact) mass is 241 g/mol. The van der Waals surface area contributed by atoms with Crippen LogP contribution in [0, 0.1) is 6.92 Å². The van der Waals surface area contributed by atoms with Gasteiger partial charge in [-0.05, 0) is 18.6 Å². The summed E-state index contributed by atoms with van der Waals surface area (Å²) in [6, 6.07) is 5.72. The lowest BCUT2D eigenvalue weighted by molar-refractivity contribution is -0.117. The molecule has 0 bridgehead atoms. The lowest BCUT2D eigenvalue weighted by Crippen LogP contribution is -2.25. The maximum absolute atomic E-state index is 11.7. The van der Waals surface area contributed by atoms with Gasteiger partial charge in [0.1, 0.15) is 0 Å². The van der Waals surface area contributed by atoms with Gasteiger partial charge >= 0.3 is 0 Å². The van der Waals surface area contributed by atoms with Crippen LogP contribution in [0.15, 0.2) is 18.2 Å². The number of aryl methyl sites for hydroxylation is 1. The first kappa shape index (κ1) is 10.8. The van der Waals surface area contributed by atoms with E-state index in [2.05, 4.69) is 12.6 Å². The fourth-order valence-corrected chi connectivity index (χ4v) is 2.31. The van der Waals surface area contributed by atoms with Crippen molar-refractivity contribution in [2.24, 2.45) is 0 Å². The van der Waals surface area contributed by atoms with Crippen LogP contribution < -0.4 is 4.90 Å². The average Bonchev–Trinajstić information content (AvgIpc) is 2.50. The lowest BCUT2D eigenvalue weighted by atomic mass is 10.2. The van der Waals surface area contributed by atoms with Crippen LogP contribution in [0.1, 0.15) is 12.0 Å². The summed E-state index contributed by atoms with van der Waals surface area (Å²) in [6.45, 7) is 2.58. The largest absolute Gasteiger partial charge is 0.310 e. The minimum atomic E-state index is 0.0995. The molecule has 1 aromatic carbocycles. The molecule has 1 unspecified atom stereocenters. The van der Waals surface area contributed by atoms with Crippen molar-refractivity contribution < 1.29 is 4.79 Å². The van der Waals surface area contributed by atoms with Gasteiger partial charge in [0.15, 0.2) is 0 Å². The molecule has 0 spiro atoms.